The standard InChI is InChI=1S/C17H22N2O2/c1-5-14-16(20)19(10-6-9-18)13-11-12(17(2,3)4)7-8-15(13)21-14/h7-8,11,14H,5-6,10H2,1-4H3. The maximum absolute atomic E-state index is 12.5. The number of carbonyl (C=O) groups excluding carboxylic acids is 1. The van der Waals surface area contributed by atoms with E-state index in [2.05, 4.69) is 26.8 Å². The summed E-state index contributed by atoms with van der Waals surface area (Å²) in [6.45, 7) is 8.74. The lowest BCUT2D eigenvalue weighted by atomic mass is 9.86. The number of benzene rings is 1. The summed E-state index contributed by atoms with van der Waals surface area (Å²) < 4.78 is 5.80. The van der Waals surface area contributed by atoms with Gasteiger partial charge in [-0.05, 0) is 29.5 Å². The molecule has 1 unspecified atom stereocenters. The van der Waals surface area contributed by atoms with Gasteiger partial charge in [0.2, 0.25) is 0 Å². The Morgan fingerprint density at radius 1 is 1.38 bits per heavy atom. The first kappa shape index (κ1) is 15.4. The summed E-state index contributed by atoms with van der Waals surface area (Å²) in [4.78, 5) is 14.2. The summed E-state index contributed by atoms with van der Waals surface area (Å²) in [6, 6.07) is 8.10. The predicted molar refractivity (Wildman–Crippen MR) is 82.4 cm³/mol. The molecule has 0 saturated carbocycles. The number of nitriles is 1. The number of hydrogen-bond acceptors (Lipinski definition) is 3. The fraction of sp³-hybridized carbons (Fsp3) is 0.529. The molecule has 0 N–H and O–H groups in total. The van der Waals surface area contributed by atoms with Crippen molar-refractivity contribution in [1.82, 2.24) is 0 Å². The van der Waals surface area contributed by atoms with Crippen LogP contribution in [0, 0.1) is 11.3 Å². The van der Waals surface area contributed by atoms with Gasteiger partial charge in [0.05, 0.1) is 18.2 Å². The lowest BCUT2D eigenvalue weighted by Gasteiger charge is -2.35. The van der Waals surface area contributed by atoms with Crippen LogP contribution in [0.2, 0.25) is 0 Å². The smallest absolute Gasteiger partial charge is 0.268 e. The molecule has 0 saturated heterocycles. The number of anilines is 1. The molecule has 1 aliphatic heterocycles. The molecule has 0 spiro atoms. The molecule has 1 aromatic carbocycles. The van der Waals surface area contributed by atoms with E-state index in [4.69, 9.17) is 10.00 Å². The molecule has 0 bridgehead atoms. The molecule has 1 amide bonds. The Bertz CT molecular complexity index is 581. The molecule has 1 aromatic rings. The molecule has 0 aromatic heterocycles. The third kappa shape index (κ3) is 3.02. The Hall–Kier alpha value is -2.02. The van der Waals surface area contributed by atoms with E-state index in [1.54, 1.807) is 4.90 Å². The first-order valence-electron chi connectivity index (χ1n) is 7.38. The second-order valence-corrected chi connectivity index (χ2v) is 6.35. The van der Waals surface area contributed by atoms with Crippen LogP contribution in [0.1, 0.15) is 46.1 Å². The minimum Gasteiger partial charge on any atom is -0.478 e. The van der Waals surface area contributed by atoms with Gasteiger partial charge in [-0.3, -0.25) is 4.79 Å². The van der Waals surface area contributed by atoms with Crippen LogP contribution in [-0.2, 0) is 10.2 Å². The van der Waals surface area contributed by atoms with Gasteiger partial charge in [0, 0.05) is 6.54 Å². The van der Waals surface area contributed by atoms with Crippen LogP contribution < -0.4 is 9.64 Å². The van der Waals surface area contributed by atoms with Gasteiger partial charge in [0.15, 0.2) is 6.10 Å². The van der Waals surface area contributed by atoms with Crippen molar-refractivity contribution >= 4 is 11.6 Å². The maximum atomic E-state index is 12.5. The molecular formula is C17H22N2O2. The van der Waals surface area contributed by atoms with E-state index in [9.17, 15) is 4.79 Å². The molecule has 1 atom stereocenters. The average Bonchev–Trinajstić information content (AvgIpc) is 2.44. The SMILES string of the molecule is CCC1Oc2ccc(C(C)(C)C)cc2N(CCC#N)C1=O. The average molecular weight is 286 g/mol. The number of hydrogen-bond donors (Lipinski definition) is 0. The largest absolute Gasteiger partial charge is 0.478 e. The van der Waals surface area contributed by atoms with Crippen LogP contribution >= 0.6 is 0 Å². The van der Waals surface area contributed by atoms with Crippen molar-refractivity contribution in [3.05, 3.63) is 23.8 Å². The lowest BCUT2D eigenvalue weighted by Crippen LogP contribution is -2.46. The zero-order chi connectivity index (χ0) is 15.6. The topological polar surface area (TPSA) is 53.3 Å². The Morgan fingerprint density at radius 3 is 2.67 bits per heavy atom. The normalized spacial score (nSPS) is 18.0. The van der Waals surface area contributed by atoms with Crippen molar-refractivity contribution in [2.24, 2.45) is 0 Å². The zero-order valence-corrected chi connectivity index (χ0v) is 13.1. The Labute approximate surface area is 126 Å². The Balaban J connectivity index is 2.46. The summed E-state index contributed by atoms with van der Waals surface area (Å²) in [5.41, 5.74) is 1.93. The molecule has 0 radical (unpaired) electrons. The summed E-state index contributed by atoms with van der Waals surface area (Å²) in [7, 11) is 0. The van der Waals surface area contributed by atoms with Gasteiger partial charge in [-0.25, -0.2) is 0 Å². The number of ether oxygens (including phenoxy) is 1. The van der Waals surface area contributed by atoms with Crippen LogP contribution in [0.3, 0.4) is 0 Å². The summed E-state index contributed by atoms with van der Waals surface area (Å²) >= 11 is 0. The van der Waals surface area contributed by atoms with Gasteiger partial charge < -0.3 is 9.64 Å². The molecule has 0 fully saturated rings. The van der Waals surface area contributed by atoms with E-state index in [1.165, 1.54) is 0 Å². The minimum atomic E-state index is -0.448. The first-order chi connectivity index (χ1) is 9.88. The van der Waals surface area contributed by atoms with E-state index < -0.39 is 6.10 Å². The van der Waals surface area contributed by atoms with Crippen LogP contribution in [-0.4, -0.2) is 18.6 Å². The zero-order valence-electron chi connectivity index (χ0n) is 13.1. The van der Waals surface area contributed by atoms with Crippen molar-refractivity contribution in [3.8, 4) is 11.8 Å². The number of amides is 1. The van der Waals surface area contributed by atoms with E-state index in [0.717, 1.165) is 17.0 Å². The molecule has 4 heteroatoms. The number of rotatable bonds is 3. The Kier molecular flexibility index (Phi) is 4.22. The van der Waals surface area contributed by atoms with Gasteiger partial charge >= 0.3 is 0 Å². The minimum absolute atomic E-state index is 0.000576. The summed E-state index contributed by atoms with van der Waals surface area (Å²) in [6.07, 6.45) is 0.501. The van der Waals surface area contributed by atoms with Crippen molar-refractivity contribution in [2.75, 3.05) is 11.4 Å². The molecule has 4 nitrogen and oxygen atoms in total. The first-order valence-corrected chi connectivity index (χ1v) is 7.38. The highest BCUT2D eigenvalue weighted by atomic mass is 16.5. The monoisotopic (exact) mass is 286 g/mol. The van der Waals surface area contributed by atoms with Crippen LogP contribution in [0.4, 0.5) is 5.69 Å². The molecule has 1 aliphatic rings. The highest BCUT2D eigenvalue weighted by Gasteiger charge is 2.33. The molecule has 21 heavy (non-hydrogen) atoms. The predicted octanol–water partition coefficient (Wildman–Crippen LogP) is 3.40. The van der Waals surface area contributed by atoms with Crippen molar-refractivity contribution in [2.45, 2.75) is 52.1 Å². The van der Waals surface area contributed by atoms with E-state index in [0.29, 0.717) is 19.4 Å². The van der Waals surface area contributed by atoms with Gasteiger partial charge in [0.25, 0.3) is 5.91 Å². The number of nitrogens with zero attached hydrogens (tertiary/aromatic N) is 2. The fourth-order valence-electron chi connectivity index (χ4n) is 2.44. The Morgan fingerprint density at radius 2 is 2.10 bits per heavy atom. The van der Waals surface area contributed by atoms with E-state index in [-0.39, 0.29) is 11.3 Å². The quantitative estimate of drug-likeness (QED) is 0.855. The third-order valence-corrected chi connectivity index (χ3v) is 3.74. The van der Waals surface area contributed by atoms with Crippen molar-refractivity contribution in [1.29, 1.82) is 5.26 Å². The van der Waals surface area contributed by atoms with Gasteiger partial charge in [-0.2, -0.15) is 5.26 Å². The molecular weight excluding hydrogens is 264 g/mol. The third-order valence-electron chi connectivity index (χ3n) is 3.74. The number of fused-ring (bicyclic) bond motifs is 1. The van der Waals surface area contributed by atoms with E-state index in [1.807, 2.05) is 25.1 Å². The summed E-state index contributed by atoms with van der Waals surface area (Å²) in [5, 5.41) is 8.82. The van der Waals surface area contributed by atoms with Gasteiger partial charge in [0.1, 0.15) is 5.75 Å². The van der Waals surface area contributed by atoms with Crippen molar-refractivity contribution in [3.63, 3.8) is 0 Å². The van der Waals surface area contributed by atoms with Gasteiger partial charge in [-0.15, -0.1) is 0 Å². The highest BCUT2D eigenvalue weighted by molar-refractivity contribution is 6.00. The fourth-order valence-corrected chi connectivity index (χ4v) is 2.44. The van der Waals surface area contributed by atoms with Crippen LogP contribution in [0.25, 0.3) is 0 Å². The molecule has 0 aliphatic carbocycles. The molecule has 1 heterocycles. The van der Waals surface area contributed by atoms with Crippen molar-refractivity contribution < 1.29 is 9.53 Å². The highest BCUT2D eigenvalue weighted by Crippen LogP contribution is 2.38. The second-order valence-electron chi connectivity index (χ2n) is 6.35. The molecule has 112 valence electrons. The summed E-state index contributed by atoms with van der Waals surface area (Å²) in [5.74, 6) is 0.679. The molecule has 2 rings (SSSR count). The lowest BCUT2D eigenvalue weighted by molar-refractivity contribution is -0.126. The van der Waals surface area contributed by atoms with Crippen LogP contribution in [0.5, 0.6) is 5.75 Å². The van der Waals surface area contributed by atoms with Gasteiger partial charge in [-0.1, -0.05) is 33.8 Å². The second kappa shape index (κ2) is 5.77. The van der Waals surface area contributed by atoms with Crippen LogP contribution in [0.15, 0.2) is 18.2 Å². The number of carbonyl (C=O) groups is 1. The van der Waals surface area contributed by atoms with E-state index >= 15 is 0 Å². The maximum Gasteiger partial charge on any atom is 0.268 e.